The first-order valence-electron chi connectivity index (χ1n) is 5.60. The summed E-state index contributed by atoms with van der Waals surface area (Å²) in [5.41, 5.74) is -0.304. The van der Waals surface area contributed by atoms with Crippen LogP contribution in [0.25, 0.3) is 11.1 Å². The highest BCUT2D eigenvalue weighted by Crippen LogP contribution is 2.40. The van der Waals surface area contributed by atoms with E-state index >= 15 is 0 Å². The standard InChI is InChI=1S/C14H7Cl2F3O2/c15-11-6-8(7-1-3-9(17)4-2-7)5-10(12(11)16)14(18,19)13(20)21/h1-6H,(H,20,21). The molecule has 0 fully saturated rings. The van der Waals surface area contributed by atoms with Crippen molar-refractivity contribution in [2.75, 3.05) is 0 Å². The average Bonchev–Trinajstić information content (AvgIpc) is 2.42. The van der Waals surface area contributed by atoms with Crippen molar-refractivity contribution in [1.29, 1.82) is 0 Å². The van der Waals surface area contributed by atoms with Gasteiger partial charge in [0.05, 0.1) is 15.6 Å². The van der Waals surface area contributed by atoms with Crippen molar-refractivity contribution < 1.29 is 23.1 Å². The summed E-state index contributed by atoms with van der Waals surface area (Å²) in [6.45, 7) is 0. The van der Waals surface area contributed by atoms with Crippen molar-refractivity contribution in [3.8, 4) is 11.1 Å². The number of hydrogen-bond donors (Lipinski definition) is 1. The van der Waals surface area contributed by atoms with Crippen molar-refractivity contribution in [2.45, 2.75) is 5.92 Å². The molecule has 0 amide bonds. The van der Waals surface area contributed by atoms with Crippen LogP contribution >= 0.6 is 23.2 Å². The predicted molar refractivity (Wildman–Crippen MR) is 73.4 cm³/mol. The first-order chi connectivity index (χ1) is 9.73. The SMILES string of the molecule is O=C(O)C(F)(F)c1cc(-c2ccc(F)cc2)cc(Cl)c1Cl. The summed E-state index contributed by atoms with van der Waals surface area (Å²) in [7, 11) is 0. The fraction of sp³-hybridized carbons (Fsp3) is 0.0714. The van der Waals surface area contributed by atoms with Crippen LogP contribution in [0.2, 0.25) is 10.0 Å². The zero-order valence-electron chi connectivity index (χ0n) is 10.2. The van der Waals surface area contributed by atoms with Crippen LogP contribution in [0, 0.1) is 5.82 Å². The fourth-order valence-electron chi connectivity index (χ4n) is 1.74. The monoisotopic (exact) mass is 334 g/mol. The summed E-state index contributed by atoms with van der Waals surface area (Å²) in [5, 5.41) is 7.86. The number of rotatable bonds is 3. The lowest BCUT2D eigenvalue weighted by molar-refractivity contribution is -0.166. The Morgan fingerprint density at radius 3 is 2.14 bits per heavy atom. The third-order valence-electron chi connectivity index (χ3n) is 2.81. The summed E-state index contributed by atoms with van der Waals surface area (Å²) in [4.78, 5) is 10.7. The number of carboxylic acids is 1. The van der Waals surface area contributed by atoms with Crippen molar-refractivity contribution in [3.63, 3.8) is 0 Å². The van der Waals surface area contributed by atoms with E-state index in [1.54, 1.807) is 0 Å². The molecule has 2 aromatic rings. The number of carboxylic acid groups (broad SMARTS) is 1. The number of hydrogen-bond acceptors (Lipinski definition) is 1. The lowest BCUT2D eigenvalue weighted by Gasteiger charge is -2.16. The van der Waals surface area contributed by atoms with Gasteiger partial charge in [-0.2, -0.15) is 8.78 Å². The van der Waals surface area contributed by atoms with Gasteiger partial charge in [-0.3, -0.25) is 0 Å². The van der Waals surface area contributed by atoms with Crippen LogP contribution in [0.15, 0.2) is 36.4 Å². The van der Waals surface area contributed by atoms with Crippen LogP contribution in [0.3, 0.4) is 0 Å². The largest absolute Gasteiger partial charge is 0.477 e. The Morgan fingerprint density at radius 1 is 1.05 bits per heavy atom. The molecule has 110 valence electrons. The highest BCUT2D eigenvalue weighted by Gasteiger charge is 2.43. The second-order valence-corrected chi connectivity index (χ2v) is 4.99. The molecule has 2 rings (SSSR count). The number of benzene rings is 2. The molecule has 0 spiro atoms. The van der Waals surface area contributed by atoms with Crippen molar-refractivity contribution in [1.82, 2.24) is 0 Å². The molecule has 0 aliphatic carbocycles. The highest BCUT2D eigenvalue weighted by molar-refractivity contribution is 6.42. The van der Waals surface area contributed by atoms with Gasteiger partial charge in [0.1, 0.15) is 5.82 Å². The van der Waals surface area contributed by atoms with E-state index < -0.39 is 28.3 Å². The fourth-order valence-corrected chi connectivity index (χ4v) is 2.19. The Hall–Kier alpha value is -1.72. The highest BCUT2D eigenvalue weighted by atomic mass is 35.5. The molecule has 0 aliphatic rings. The molecular weight excluding hydrogens is 328 g/mol. The second kappa shape index (κ2) is 5.58. The molecule has 0 atom stereocenters. The van der Waals surface area contributed by atoms with Gasteiger partial charge in [0, 0.05) is 0 Å². The van der Waals surface area contributed by atoms with Crippen molar-refractivity contribution in [2.24, 2.45) is 0 Å². The number of alkyl halides is 2. The van der Waals surface area contributed by atoms with E-state index in [0.29, 0.717) is 5.56 Å². The Bertz CT molecular complexity index is 700. The van der Waals surface area contributed by atoms with Gasteiger partial charge in [-0.25, -0.2) is 9.18 Å². The lowest BCUT2D eigenvalue weighted by atomic mass is 10.00. The van der Waals surface area contributed by atoms with Crippen LogP contribution in [0.1, 0.15) is 5.56 Å². The van der Waals surface area contributed by atoms with Gasteiger partial charge in [0.2, 0.25) is 0 Å². The Labute approximate surface area is 127 Å². The van der Waals surface area contributed by atoms with Gasteiger partial charge in [-0.1, -0.05) is 35.3 Å². The molecule has 0 saturated carbocycles. The van der Waals surface area contributed by atoms with Crippen LogP contribution < -0.4 is 0 Å². The van der Waals surface area contributed by atoms with E-state index in [1.807, 2.05) is 0 Å². The predicted octanol–water partition coefficient (Wildman–Crippen LogP) is 4.98. The average molecular weight is 335 g/mol. The molecule has 2 aromatic carbocycles. The van der Waals surface area contributed by atoms with E-state index in [2.05, 4.69) is 0 Å². The van der Waals surface area contributed by atoms with E-state index in [1.165, 1.54) is 18.2 Å². The third kappa shape index (κ3) is 2.99. The summed E-state index contributed by atoms with van der Waals surface area (Å²) in [6, 6.07) is 7.24. The quantitative estimate of drug-likeness (QED) is 0.859. The van der Waals surface area contributed by atoms with Crippen LogP contribution in [-0.4, -0.2) is 11.1 Å². The van der Waals surface area contributed by atoms with Crippen molar-refractivity contribution >= 4 is 29.2 Å². The first kappa shape index (κ1) is 15.7. The molecule has 0 saturated heterocycles. The molecule has 2 nitrogen and oxygen atoms in total. The Morgan fingerprint density at radius 2 is 1.62 bits per heavy atom. The number of aliphatic carboxylic acids is 1. The van der Waals surface area contributed by atoms with Crippen LogP contribution in [0.5, 0.6) is 0 Å². The first-order valence-corrected chi connectivity index (χ1v) is 6.35. The molecule has 7 heteroatoms. The van der Waals surface area contributed by atoms with Gasteiger partial charge >= 0.3 is 11.9 Å². The summed E-state index contributed by atoms with van der Waals surface area (Å²) < 4.78 is 40.2. The molecule has 21 heavy (non-hydrogen) atoms. The minimum absolute atomic E-state index is 0.209. The van der Waals surface area contributed by atoms with E-state index in [-0.39, 0.29) is 10.6 Å². The van der Waals surface area contributed by atoms with E-state index in [9.17, 15) is 18.0 Å². The molecule has 1 N–H and O–H groups in total. The molecule has 0 heterocycles. The zero-order valence-corrected chi connectivity index (χ0v) is 11.7. The third-order valence-corrected chi connectivity index (χ3v) is 3.61. The number of carbonyl (C=O) groups is 1. The Balaban J connectivity index is 2.64. The zero-order chi connectivity index (χ0) is 15.8. The van der Waals surface area contributed by atoms with Gasteiger partial charge in [-0.05, 0) is 35.4 Å². The molecular formula is C14H7Cl2F3O2. The lowest BCUT2D eigenvalue weighted by Crippen LogP contribution is -2.25. The van der Waals surface area contributed by atoms with Gasteiger partial charge < -0.3 is 5.11 Å². The van der Waals surface area contributed by atoms with Gasteiger partial charge in [0.25, 0.3) is 0 Å². The smallest absolute Gasteiger partial charge is 0.379 e. The van der Waals surface area contributed by atoms with E-state index in [0.717, 1.165) is 18.2 Å². The van der Waals surface area contributed by atoms with Gasteiger partial charge in [0.15, 0.2) is 0 Å². The summed E-state index contributed by atoms with van der Waals surface area (Å²) in [5.74, 6) is -7.01. The maximum absolute atomic E-state index is 13.7. The molecule has 0 aromatic heterocycles. The molecule has 0 radical (unpaired) electrons. The topological polar surface area (TPSA) is 37.3 Å². The van der Waals surface area contributed by atoms with E-state index in [4.69, 9.17) is 28.3 Å². The minimum atomic E-state index is -4.18. The maximum atomic E-state index is 13.7. The normalized spacial score (nSPS) is 11.5. The van der Waals surface area contributed by atoms with Crippen molar-refractivity contribution in [3.05, 3.63) is 57.8 Å². The van der Waals surface area contributed by atoms with Gasteiger partial charge in [-0.15, -0.1) is 0 Å². The second-order valence-electron chi connectivity index (χ2n) is 4.21. The molecule has 0 unspecified atom stereocenters. The summed E-state index contributed by atoms with van der Waals surface area (Å²) >= 11 is 11.4. The van der Waals surface area contributed by atoms with Crippen LogP contribution in [0.4, 0.5) is 13.2 Å². The number of halogens is 5. The van der Waals surface area contributed by atoms with Crippen LogP contribution in [-0.2, 0) is 10.7 Å². The molecule has 0 aliphatic heterocycles. The minimum Gasteiger partial charge on any atom is -0.477 e. The summed E-state index contributed by atoms with van der Waals surface area (Å²) in [6.07, 6.45) is 0. The molecule has 0 bridgehead atoms. The maximum Gasteiger partial charge on any atom is 0.379 e. The Kier molecular flexibility index (Phi) is 4.16.